The smallest absolute Gasteiger partial charge is 0.332 e. The molecule has 2 aromatic rings. The van der Waals surface area contributed by atoms with Crippen molar-refractivity contribution in [3.05, 3.63) is 75.7 Å². The van der Waals surface area contributed by atoms with Gasteiger partial charge in [-0.05, 0) is 23.8 Å². The lowest BCUT2D eigenvalue weighted by molar-refractivity contribution is -0.384. The van der Waals surface area contributed by atoms with Crippen LogP contribution < -0.4 is 4.18 Å². The Hall–Kier alpha value is -2.67. The van der Waals surface area contributed by atoms with Gasteiger partial charge in [-0.2, -0.15) is 8.42 Å². The van der Waals surface area contributed by atoms with Gasteiger partial charge in [0.05, 0.1) is 10.3 Å². The van der Waals surface area contributed by atoms with E-state index < -0.39 is 15.0 Å². The third-order valence-corrected chi connectivity index (χ3v) is 3.38. The number of hydrogen-bond acceptors (Lipinski definition) is 5. The first-order valence-electron chi connectivity index (χ1n) is 5.88. The summed E-state index contributed by atoms with van der Waals surface area (Å²) in [4.78, 5) is 9.92. The first-order valence-corrected chi connectivity index (χ1v) is 7.35. The minimum Gasteiger partial charge on any atom is -0.379 e. The van der Waals surface area contributed by atoms with Crippen LogP contribution in [0.15, 0.2) is 60.0 Å². The van der Waals surface area contributed by atoms with Gasteiger partial charge in [0.25, 0.3) is 5.69 Å². The molecule has 0 aromatic heterocycles. The Bertz CT molecular complexity index is 752. The summed E-state index contributed by atoms with van der Waals surface area (Å²) in [6, 6.07) is 13.7. The second-order valence-electron chi connectivity index (χ2n) is 4.04. The van der Waals surface area contributed by atoms with Crippen LogP contribution in [0.5, 0.6) is 5.75 Å². The van der Waals surface area contributed by atoms with Gasteiger partial charge in [-0.3, -0.25) is 10.1 Å². The molecule has 0 fully saturated rings. The van der Waals surface area contributed by atoms with E-state index in [1.807, 2.05) is 6.07 Å². The molecule has 0 atom stereocenters. The van der Waals surface area contributed by atoms with Crippen molar-refractivity contribution >= 4 is 21.9 Å². The second-order valence-corrected chi connectivity index (χ2v) is 5.47. The highest BCUT2D eigenvalue weighted by atomic mass is 32.2. The molecule has 2 aromatic carbocycles. The number of hydrogen-bond donors (Lipinski definition) is 0. The second kappa shape index (κ2) is 6.19. The third-order valence-electron chi connectivity index (χ3n) is 2.49. The van der Waals surface area contributed by atoms with Crippen molar-refractivity contribution in [2.24, 2.45) is 0 Å². The number of nitro groups is 1. The van der Waals surface area contributed by atoms with Gasteiger partial charge in [0.1, 0.15) is 5.75 Å². The van der Waals surface area contributed by atoms with Crippen LogP contribution in [0.1, 0.15) is 5.56 Å². The third kappa shape index (κ3) is 4.43. The highest BCUT2D eigenvalue weighted by Gasteiger charge is 2.10. The number of benzene rings is 2. The Morgan fingerprint density at radius 2 is 1.62 bits per heavy atom. The zero-order chi connectivity index (χ0) is 15.3. The molecule has 0 saturated carbocycles. The minimum absolute atomic E-state index is 0.0123. The highest BCUT2D eigenvalue weighted by molar-refractivity contribution is 7.90. The fraction of sp³-hybridized carbons (Fsp3) is 0. The molecule has 0 saturated heterocycles. The average molecular weight is 305 g/mol. The zero-order valence-corrected chi connectivity index (χ0v) is 11.6. The molecule has 0 aliphatic carbocycles. The summed E-state index contributed by atoms with van der Waals surface area (Å²) in [6.45, 7) is 0. The summed E-state index contributed by atoms with van der Waals surface area (Å²) in [7, 11) is -3.92. The molecule has 0 aliphatic rings. The fourth-order valence-corrected chi connectivity index (χ4v) is 2.27. The maximum Gasteiger partial charge on any atom is 0.332 e. The lowest BCUT2D eigenvalue weighted by Gasteiger charge is -2.02. The van der Waals surface area contributed by atoms with E-state index >= 15 is 0 Å². The van der Waals surface area contributed by atoms with Gasteiger partial charge in [0.15, 0.2) is 0 Å². The zero-order valence-electron chi connectivity index (χ0n) is 10.7. The van der Waals surface area contributed by atoms with Crippen LogP contribution in [-0.4, -0.2) is 13.3 Å². The summed E-state index contributed by atoms with van der Waals surface area (Å²) in [5.41, 5.74) is 0.577. The van der Waals surface area contributed by atoms with Gasteiger partial charge in [-0.1, -0.05) is 30.3 Å². The van der Waals surface area contributed by atoms with Crippen LogP contribution >= 0.6 is 0 Å². The maximum absolute atomic E-state index is 11.7. The van der Waals surface area contributed by atoms with E-state index in [1.165, 1.54) is 30.3 Å². The highest BCUT2D eigenvalue weighted by Crippen LogP contribution is 2.19. The molecule has 21 heavy (non-hydrogen) atoms. The molecule has 6 nitrogen and oxygen atoms in total. The number of rotatable bonds is 5. The van der Waals surface area contributed by atoms with Gasteiger partial charge in [-0.15, -0.1) is 0 Å². The van der Waals surface area contributed by atoms with Crippen molar-refractivity contribution in [2.45, 2.75) is 0 Å². The molecule has 0 heterocycles. The van der Waals surface area contributed by atoms with Crippen LogP contribution in [0.25, 0.3) is 6.08 Å². The standard InChI is InChI=1S/C14H11NO5S/c16-15(17)13-6-8-14(9-7-13)20-21(18,19)11-10-12-4-2-1-3-5-12/h1-11H. The van der Waals surface area contributed by atoms with Crippen LogP contribution in [0.3, 0.4) is 0 Å². The van der Waals surface area contributed by atoms with E-state index in [9.17, 15) is 18.5 Å². The van der Waals surface area contributed by atoms with E-state index in [0.29, 0.717) is 5.56 Å². The van der Waals surface area contributed by atoms with Crippen molar-refractivity contribution in [1.82, 2.24) is 0 Å². The molecule has 108 valence electrons. The molecule has 0 bridgehead atoms. The Morgan fingerprint density at radius 1 is 1.00 bits per heavy atom. The first kappa shape index (κ1) is 14.7. The molecule has 0 radical (unpaired) electrons. The molecule has 0 aliphatic heterocycles. The maximum atomic E-state index is 11.7. The summed E-state index contributed by atoms with van der Waals surface area (Å²) in [5.74, 6) is 0.0123. The van der Waals surface area contributed by atoms with Gasteiger partial charge >= 0.3 is 10.1 Å². The molecule has 0 amide bonds. The minimum atomic E-state index is -3.92. The summed E-state index contributed by atoms with van der Waals surface area (Å²) in [6.07, 6.45) is 1.40. The van der Waals surface area contributed by atoms with Crippen molar-refractivity contribution in [3.63, 3.8) is 0 Å². The average Bonchev–Trinajstić information content (AvgIpc) is 2.46. The Kier molecular flexibility index (Phi) is 4.34. The summed E-state index contributed by atoms with van der Waals surface area (Å²) < 4.78 is 28.3. The van der Waals surface area contributed by atoms with Gasteiger partial charge < -0.3 is 4.18 Å². The molecule has 0 N–H and O–H groups in total. The van der Waals surface area contributed by atoms with Crippen LogP contribution in [0.2, 0.25) is 0 Å². The molecule has 2 rings (SSSR count). The predicted octanol–water partition coefficient (Wildman–Crippen LogP) is 2.97. The van der Waals surface area contributed by atoms with E-state index in [4.69, 9.17) is 4.18 Å². The topological polar surface area (TPSA) is 86.5 Å². The van der Waals surface area contributed by atoms with Crippen molar-refractivity contribution in [2.75, 3.05) is 0 Å². The molecule has 0 spiro atoms. The summed E-state index contributed by atoms with van der Waals surface area (Å²) in [5, 5.41) is 11.4. The lowest BCUT2D eigenvalue weighted by Crippen LogP contribution is -2.05. The van der Waals surface area contributed by atoms with E-state index in [2.05, 4.69) is 0 Å². The number of non-ortho nitro benzene ring substituents is 1. The first-order chi connectivity index (χ1) is 9.96. The fourth-order valence-electron chi connectivity index (χ4n) is 1.51. The normalized spacial score (nSPS) is 11.4. The van der Waals surface area contributed by atoms with Crippen molar-refractivity contribution in [3.8, 4) is 5.75 Å². The van der Waals surface area contributed by atoms with E-state index in [0.717, 1.165) is 5.41 Å². The SMILES string of the molecule is O=[N+]([O-])c1ccc(OS(=O)(=O)C=Cc2ccccc2)cc1. The van der Waals surface area contributed by atoms with E-state index in [1.54, 1.807) is 24.3 Å². The van der Waals surface area contributed by atoms with Crippen molar-refractivity contribution < 1.29 is 17.5 Å². The number of nitrogens with zero attached hydrogens (tertiary/aromatic N) is 1. The number of nitro benzene ring substituents is 1. The Balaban J connectivity index is 2.10. The van der Waals surface area contributed by atoms with Crippen LogP contribution in [0.4, 0.5) is 5.69 Å². The van der Waals surface area contributed by atoms with Gasteiger partial charge in [0, 0.05) is 12.1 Å². The van der Waals surface area contributed by atoms with Crippen LogP contribution in [0, 0.1) is 10.1 Å². The van der Waals surface area contributed by atoms with Crippen molar-refractivity contribution in [1.29, 1.82) is 0 Å². The van der Waals surface area contributed by atoms with E-state index in [-0.39, 0.29) is 11.4 Å². The Morgan fingerprint density at radius 3 is 2.19 bits per heavy atom. The molecular weight excluding hydrogens is 294 g/mol. The largest absolute Gasteiger partial charge is 0.379 e. The van der Waals surface area contributed by atoms with Gasteiger partial charge in [-0.25, -0.2) is 0 Å². The predicted molar refractivity (Wildman–Crippen MR) is 78.1 cm³/mol. The monoisotopic (exact) mass is 305 g/mol. The van der Waals surface area contributed by atoms with Crippen LogP contribution in [-0.2, 0) is 10.1 Å². The molecular formula is C14H11NO5S. The lowest BCUT2D eigenvalue weighted by atomic mass is 10.2. The molecule has 0 unspecified atom stereocenters. The quantitative estimate of drug-likeness (QED) is 0.481. The summed E-state index contributed by atoms with van der Waals surface area (Å²) >= 11 is 0. The van der Waals surface area contributed by atoms with Gasteiger partial charge in [0.2, 0.25) is 0 Å². The Labute approximate surface area is 121 Å². The molecule has 7 heteroatoms.